The molecule has 30 heavy (non-hydrogen) atoms. The second kappa shape index (κ2) is 8.51. The molecule has 1 N–H and O–H groups in total. The Morgan fingerprint density at radius 3 is 2.70 bits per heavy atom. The van der Waals surface area contributed by atoms with Crippen molar-refractivity contribution in [2.24, 2.45) is 7.05 Å². The molecule has 2 heterocycles. The molecule has 0 aliphatic heterocycles. The fourth-order valence-corrected chi connectivity index (χ4v) is 3.34. The van der Waals surface area contributed by atoms with Crippen molar-refractivity contribution in [3.8, 4) is 0 Å². The molecule has 0 atom stereocenters. The number of nitrogens with zero attached hydrogens (tertiary/aromatic N) is 3. The number of alkyl halides is 3. The number of halogens is 3. The van der Waals surface area contributed by atoms with Crippen LogP contribution in [0.1, 0.15) is 48.5 Å². The molecule has 3 rings (SSSR count). The van der Waals surface area contributed by atoms with Crippen LogP contribution < -0.4 is 10.9 Å². The third-order valence-corrected chi connectivity index (χ3v) is 5.04. The summed E-state index contributed by atoms with van der Waals surface area (Å²) in [5.41, 5.74) is 3.25. The Morgan fingerprint density at radius 1 is 1.43 bits per heavy atom. The third kappa shape index (κ3) is 4.84. The number of imidazole rings is 1. The van der Waals surface area contributed by atoms with Crippen molar-refractivity contribution in [1.82, 2.24) is 14.1 Å². The lowest BCUT2D eigenvalue weighted by atomic mass is 10.1. The zero-order valence-electron chi connectivity index (χ0n) is 17.2. The van der Waals surface area contributed by atoms with Gasteiger partial charge in [-0.2, -0.15) is 0 Å². The molecule has 2 aromatic rings. The van der Waals surface area contributed by atoms with Gasteiger partial charge in [0, 0.05) is 32.8 Å². The molecule has 1 fully saturated rings. The van der Waals surface area contributed by atoms with Crippen LogP contribution in [0, 0.1) is 0 Å². The average Bonchev–Trinajstić information content (AvgIpc) is 3.47. The Bertz CT molecular complexity index is 1030. The van der Waals surface area contributed by atoms with Gasteiger partial charge in [-0.15, -0.1) is 13.2 Å². The molecule has 2 aromatic heterocycles. The summed E-state index contributed by atoms with van der Waals surface area (Å²) in [4.78, 5) is 16.7. The van der Waals surface area contributed by atoms with E-state index >= 15 is 0 Å². The Kier molecular flexibility index (Phi) is 6.21. The predicted octanol–water partition coefficient (Wildman–Crippen LogP) is 4.24. The zero-order valence-corrected chi connectivity index (χ0v) is 17.2. The predicted molar refractivity (Wildman–Crippen MR) is 111 cm³/mol. The largest absolute Gasteiger partial charge is 0.522 e. The van der Waals surface area contributed by atoms with E-state index in [0.29, 0.717) is 17.1 Å². The van der Waals surface area contributed by atoms with E-state index in [1.165, 1.54) is 4.57 Å². The van der Waals surface area contributed by atoms with Crippen LogP contribution in [0.4, 0.5) is 18.9 Å². The minimum atomic E-state index is -4.67. The van der Waals surface area contributed by atoms with Crippen molar-refractivity contribution >= 4 is 23.4 Å². The van der Waals surface area contributed by atoms with Gasteiger partial charge in [-0.1, -0.05) is 6.58 Å². The van der Waals surface area contributed by atoms with Crippen LogP contribution in [0.25, 0.3) is 17.7 Å². The van der Waals surface area contributed by atoms with Gasteiger partial charge in [0.15, 0.2) is 0 Å². The van der Waals surface area contributed by atoms with E-state index in [-0.39, 0.29) is 18.0 Å². The standard InChI is InChI=1S/C21H25F3N4O2/c1-5-16-18(10-13(2)15-11-17(25-3)20(29)27(4)12-15)28(8-9-30-21(22,23)24)19(26-16)14-6-7-14/h5,10-12,14,25H,1,6-9H2,2-4H3/b13-10+. The van der Waals surface area contributed by atoms with Crippen LogP contribution in [-0.2, 0) is 18.3 Å². The van der Waals surface area contributed by atoms with Crippen LogP contribution in [0.3, 0.4) is 0 Å². The molecule has 0 aromatic carbocycles. The first-order valence-corrected chi connectivity index (χ1v) is 9.65. The highest BCUT2D eigenvalue weighted by molar-refractivity contribution is 5.82. The quantitative estimate of drug-likeness (QED) is 0.691. The Labute approximate surface area is 172 Å². The number of aryl methyl sites for hydroxylation is 1. The SMILES string of the molecule is C=Cc1nc(C2CC2)n(CCOC(F)(F)F)c1/C=C(\C)c1cc(NC)c(=O)n(C)c1. The highest BCUT2D eigenvalue weighted by atomic mass is 19.4. The van der Waals surface area contributed by atoms with E-state index in [2.05, 4.69) is 21.6 Å². The van der Waals surface area contributed by atoms with E-state index in [1.807, 2.05) is 13.0 Å². The minimum absolute atomic E-state index is 0.0281. The van der Waals surface area contributed by atoms with E-state index < -0.39 is 13.0 Å². The van der Waals surface area contributed by atoms with Gasteiger partial charge in [0.25, 0.3) is 5.56 Å². The first-order chi connectivity index (χ1) is 14.1. The summed E-state index contributed by atoms with van der Waals surface area (Å²) < 4.78 is 44.7. The lowest BCUT2D eigenvalue weighted by molar-refractivity contribution is -0.325. The smallest absolute Gasteiger partial charge is 0.384 e. The summed E-state index contributed by atoms with van der Waals surface area (Å²) in [5.74, 6) is 0.997. The van der Waals surface area contributed by atoms with Gasteiger partial charge < -0.3 is 14.5 Å². The summed E-state index contributed by atoms with van der Waals surface area (Å²) in [6.45, 7) is 5.22. The molecule has 9 heteroatoms. The lowest BCUT2D eigenvalue weighted by Crippen LogP contribution is -2.20. The molecule has 0 saturated heterocycles. The first-order valence-electron chi connectivity index (χ1n) is 9.65. The summed E-state index contributed by atoms with van der Waals surface area (Å²) in [5, 5.41) is 2.88. The number of hydrogen-bond donors (Lipinski definition) is 1. The first kappa shape index (κ1) is 21.9. The minimum Gasteiger partial charge on any atom is -0.384 e. The van der Waals surface area contributed by atoms with Crippen LogP contribution in [0.15, 0.2) is 23.6 Å². The molecule has 162 valence electrons. The van der Waals surface area contributed by atoms with E-state index in [4.69, 9.17) is 0 Å². The van der Waals surface area contributed by atoms with Gasteiger partial charge >= 0.3 is 6.36 Å². The summed E-state index contributed by atoms with van der Waals surface area (Å²) in [6.07, 6.45) is 2.43. The van der Waals surface area contributed by atoms with Gasteiger partial charge in [0.05, 0.1) is 18.0 Å². The number of rotatable bonds is 8. The van der Waals surface area contributed by atoms with Crippen molar-refractivity contribution < 1.29 is 17.9 Å². The number of nitrogens with one attached hydrogen (secondary N) is 1. The molecule has 0 radical (unpaired) electrons. The maximum Gasteiger partial charge on any atom is 0.522 e. The monoisotopic (exact) mass is 422 g/mol. The maximum absolute atomic E-state index is 12.5. The lowest BCUT2D eigenvalue weighted by Gasteiger charge is -2.13. The Morgan fingerprint density at radius 2 is 2.13 bits per heavy atom. The molecule has 0 spiro atoms. The van der Waals surface area contributed by atoms with Crippen LogP contribution in [-0.4, -0.2) is 34.1 Å². The molecule has 1 saturated carbocycles. The molecule has 6 nitrogen and oxygen atoms in total. The Hall–Kier alpha value is -2.81. The number of allylic oxidation sites excluding steroid dienone is 1. The highest BCUT2D eigenvalue weighted by Gasteiger charge is 2.32. The maximum atomic E-state index is 12.5. The van der Waals surface area contributed by atoms with Gasteiger partial charge in [0.1, 0.15) is 11.5 Å². The average molecular weight is 422 g/mol. The van der Waals surface area contributed by atoms with Crippen molar-refractivity contribution in [3.63, 3.8) is 0 Å². The molecular weight excluding hydrogens is 397 g/mol. The van der Waals surface area contributed by atoms with Crippen molar-refractivity contribution in [3.05, 3.63) is 52.0 Å². The van der Waals surface area contributed by atoms with Crippen LogP contribution in [0.5, 0.6) is 0 Å². The fraction of sp³-hybridized carbons (Fsp3) is 0.429. The normalized spacial score (nSPS) is 14.8. The zero-order chi connectivity index (χ0) is 22.1. The molecular formula is C21H25F3N4O2. The Balaban J connectivity index is 2.02. The van der Waals surface area contributed by atoms with E-state index in [1.54, 1.807) is 37.0 Å². The highest BCUT2D eigenvalue weighted by Crippen LogP contribution is 2.41. The van der Waals surface area contributed by atoms with Gasteiger partial charge in [-0.25, -0.2) is 4.98 Å². The molecule has 0 amide bonds. The number of anilines is 1. The van der Waals surface area contributed by atoms with Gasteiger partial charge in [0.2, 0.25) is 0 Å². The second-order valence-electron chi connectivity index (χ2n) is 7.30. The summed E-state index contributed by atoms with van der Waals surface area (Å²) in [7, 11) is 3.34. The van der Waals surface area contributed by atoms with Gasteiger partial charge in [-0.3, -0.25) is 9.53 Å². The van der Waals surface area contributed by atoms with Crippen molar-refractivity contribution in [2.45, 2.75) is 38.6 Å². The number of pyridine rings is 1. The van der Waals surface area contributed by atoms with Crippen LogP contribution in [0.2, 0.25) is 0 Å². The number of aromatic nitrogens is 3. The summed E-state index contributed by atoms with van der Waals surface area (Å²) >= 11 is 0. The topological polar surface area (TPSA) is 61.1 Å². The molecule has 1 aliphatic rings. The van der Waals surface area contributed by atoms with Gasteiger partial charge in [-0.05, 0) is 49.1 Å². The molecule has 0 bridgehead atoms. The van der Waals surface area contributed by atoms with Crippen molar-refractivity contribution in [2.75, 3.05) is 19.0 Å². The van der Waals surface area contributed by atoms with E-state index in [9.17, 15) is 18.0 Å². The van der Waals surface area contributed by atoms with Crippen molar-refractivity contribution in [1.29, 1.82) is 0 Å². The number of hydrogen-bond acceptors (Lipinski definition) is 4. The fourth-order valence-electron chi connectivity index (χ4n) is 3.34. The molecule has 0 unspecified atom stereocenters. The third-order valence-electron chi connectivity index (χ3n) is 5.04. The van der Waals surface area contributed by atoms with E-state index in [0.717, 1.165) is 29.8 Å². The summed E-state index contributed by atoms with van der Waals surface area (Å²) in [6, 6.07) is 1.75. The van der Waals surface area contributed by atoms with Crippen LogP contribution >= 0.6 is 0 Å². The number of ether oxygens (including phenoxy) is 1. The molecule has 1 aliphatic carbocycles. The second-order valence-corrected chi connectivity index (χ2v) is 7.30.